The minimum absolute atomic E-state index is 0.0351. The van der Waals surface area contributed by atoms with Crippen LogP contribution in [0.15, 0.2) is 59.3 Å². The van der Waals surface area contributed by atoms with Crippen molar-refractivity contribution in [2.45, 2.75) is 43.6 Å². The molecule has 8 heteroatoms. The molecule has 2 aromatic heterocycles. The van der Waals surface area contributed by atoms with Crippen molar-refractivity contribution in [2.75, 3.05) is 6.61 Å². The number of carbonyl (C=O) groups is 2. The van der Waals surface area contributed by atoms with Gasteiger partial charge in [-0.05, 0) is 52.4 Å². The first kappa shape index (κ1) is 23.4. The van der Waals surface area contributed by atoms with E-state index in [-0.39, 0.29) is 12.2 Å². The Labute approximate surface area is 213 Å². The highest BCUT2D eigenvalue weighted by Gasteiger charge is 2.53. The number of nitrogens with zero attached hydrogens (tertiary/aromatic N) is 2. The van der Waals surface area contributed by atoms with E-state index in [1.165, 1.54) is 34.9 Å². The molecule has 2 aliphatic rings. The predicted molar refractivity (Wildman–Crippen MR) is 136 cm³/mol. The quantitative estimate of drug-likeness (QED) is 0.310. The molecule has 2 atom stereocenters. The first-order valence-electron chi connectivity index (χ1n) is 11.4. The van der Waals surface area contributed by atoms with Gasteiger partial charge in [-0.3, -0.25) is 13.9 Å². The van der Waals surface area contributed by atoms with Gasteiger partial charge < -0.3 is 4.74 Å². The van der Waals surface area contributed by atoms with Gasteiger partial charge in [-0.25, -0.2) is 4.98 Å². The normalized spacial score (nSPS) is 23.1. The van der Waals surface area contributed by atoms with Crippen molar-refractivity contribution in [1.82, 2.24) is 9.29 Å². The number of rotatable bonds is 7. The van der Waals surface area contributed by atoms with Gasteiger partial charge in [-0.2, -0.15) is 11.3 Å². The minimum atomic E-state index is -1.14. The lowest BCUT2D eigenvalue weighted by atomic mass is 9.75. The smallest absolute Gasteiger partial charge is 0.248 e. The van der Waals surface area contributed by atoms with E-state index in [2.05, 4.69) is 12.8 Å². The van der Waals surface area contributed by atoms with Crippen molar-refractivity contribution in [2.24, 2.45) is 5.92 Å². The van der Waals surface area contributed by atoms with Crippen LogP contribution in [0.1, 0.15) is 54.8 Å². The number of carbonyl (C=O) groups excluding carboxylic acids is 2. The molecule has 3 aromatic rings. The summed E-state index contributed by atoms with van der Waals surface area (Å²) in [5.41, 5.74) is 0.716. The highest BCUT2D eigenvalue weighted by atomic mass is 35.5. The van der Waals surface area contributed by atoms with Gasteiger partial charge in [0.15, 0.2) is 5.78 Å². The molecule has 1 saturated heterocycles. The minimum Gasteiger partial charge on any atom is -0.478 e. The zero-order chi connectivity index (χ0) is 23.7. The van der Waals surface area contributed by atoms with Gasteiger partial charge in [0.1, 0.15) is 11.5 Å². The maximum atomic E-state index is 13.7. The van der Waals surface area contributed by atoms with Gasteiger partial charge in [0.05, 0.1) is 12.3 Å². The fourth-order valence-corrected chi connectivity index (χ4v) is 6.17. The van der Waals surface area contributed by atoms with E-state index in [0.29, 0.717) is 28.8 Å². The summed E-state index contributed by atoms with van der Waals surface area (Å²) in [6.07, 6.45) is 4.88. The van der Waals surface area contributed by atoms with E-state index in [9.17, 15) is 9.59 Å². The first-order chi connectivity index (χ1) is 16.5. The fraction of sp³-hybridized carbons (Fsp3) is 0.346. The molecule has 1 aliphatic carbocycles. The SMILES string of the molecule is O=C1CC(c2ccsc2)(c2cccc(OCCC3CCC3)n2)N(S)C(=O)C1c1ccccc1Cl. The van der Waals surface area contributed by atoms with Gasteiger partial charge in [0.2, 0.25) is 11.8 Å². The lowest BCUT2D eigenvalue weighted by Gasteiger charge is -2.45. The molecule has 0 spiro atoms. The number of amides is 1. The number of piperidine rings is 1. The van der Waals surface area contributed by atoms with Crippen molar-refractivity contribution in [3.8, 4) is 5.88 Å². The molecule has 0 N–H and O–H groups in total. The summed E-state index contributed by atoms with van der Waals surface area (Å²) in [7, 11) is 0. The second-order valence-corrected chi connectivity index (χ2v) is 10.5. The molecular weight excluding hydrogens is 488 g/mol. The second kappa shape index (κ2) is 9.72. The number of thiol groups is 1. The number of halogens is 1. The largest absolute Gasteiger partial charge is 0.478 e. The van der Waals surface area contributed by atoms with Crippen molar-refractivity contribution in [1.29, 1.82) is 0 Å². The Bertz CT molecular complexity index is 1200. The Hall–Kier alpha value is -2.35. The summed E-state index contributed by atoms with van der Waals surface area (Å²) in [6.45, 7) is 0.601. The number of ether oxygens (including phenoxy) is 1. The van der Waals surface area contributed by atoms with Crippen LogP contribution in [0.5, 0.6) is 5.88 Å². The predicted octanol–water partition coefficient (Wildman–Crippen LogP) is 6.04. The molecule has 34 heavy (non-hydrogen) atoms. The molecule has 1 saturated carbocycles. The standard InChI is InChI=1S/C26H25ClN2O3S2/c27-20-8-2-1-7-19(20)24-21(30)15-26(29(33)25(24)31,18-12-14-34-16-18)22-9-4-10-23(28-22)32-13-11-17-5-3-6-17/h1-2,4,7-10,12,14,16-17,24,33H,3,5-6,11,13,15H2. The number of benzene rings is 1. The number of thiophene rings is 1. The van der Waals surface area contributed by atoms with E-state index >= 15 is 0 Å². The number of hydrogen-bond acceptors (Lipinski definition) is 6. The molecule has 0 radical (unpaired) electrons. The Morgan fingerprint density at radius 3 is 2.68 bits per heavy atom. The van der Waals surface area contributed by atoms with Gasteiger partial charge >= 0.3 is 0 Å². The molecule has 2 unspecified atom stereocenters. The van der Waals surface area contributed by atoms with Crippen LogP contribution in [0.3, 0.4) is 0 Å². The molecule has 2 fully saturated rings. The Morgan fingerprint density at radius 2 is 1.97 bits per heavy atom. The molecule has 176 valence electrons. The van der Waals surface area contributed by atoms with Crippen LogP contribution in [-0.4, -0.2) is 27.6 Å². The molecular formula is C26H25ClN2O3S2. The third-order valence-electron chi connectivity index (χ3n) is 6.93. The van der Waals surface area contributed by atoms with Crippen LogP contribution in [0, 0.1) is 5.92 Å². The summed E-state index contributed by atoms with van der Waals surface area (Å²) in [5.74, 6) is -0.408. The van der Waals surface area contributed by atoms with Gasteiger partial charge in [-0.15, -0.1) is 0 Å². The van der Waals surface area contributed by atoms with Crippen LogP contribution in [0.4, 0.5) is 0 Å². The first-order valence-corrected chi connectivity index (χ1v) is 13.2. The molecule has 5 nitrogen and oxygen atoms in total. The number of pyridine rings is 1. The monoisotopic (exact) mass is 512 g/mol. The van der Waals surface area contributed by atoms with Gasteiger partial charge in [-0.1, -0.05) is 67.9 Å². The van der Waals surface area contributed by atoms with E-state index in [0.717, 1.165) is 17.9 Å². The van der Waals surface area contributed by atoms with Crippen LogP contribution in [0.25, 0.3) is 0 Å². The van der Waals surface area contributed by atoms with Crippen molar-refractivity contribution in [3.05, 3.63) is 81.1 Å². The van der Waals surface area contributed by atoms with Gasteiger partial charge in [0.25, 0.3) is 0 Å². The number of Topliss-reactive ketones (excluding diaryl/α,β-unsaturated/α-hetero) is 1. The van der Waals surface area contributed by atoms with E-state index < -0.39 is 17.4 Å². The molecule has 3 heterocycles. The third-order valence-corrected chi connectivity index (χ3v) is 8.50. The topological polar surface area (TPSA) is 59.5 Å². The van der Waals surface area contributed by atoms with Crippen LogP contribution in [-0.2, 0) is 15.1 Å². The summed E-state index contributed by atoms with van der Waals surface area (Å²) in [5, 5.41) is 4.25. The molecule has 0 bridgehead atoms. The lowest BCUT2D eigenvalue weighted by Crippen LogP contribution is -2.54. The number of hydrogen-bond donors (Lipinski definition) is 1. The van der Waals surface area contributed by atoms with Crippen LogP contribution >= 0.6 is 35.8 Å². The zero-order valence-corrected chi connectivity index (χ0v) is 21.0. The number of aromatic nitrogens is 1. The van der Waals surface area contributed by atoms with Gasteiger partial charge in [0, 0.05) is 17.5 Å². The van der Waals surface area contributed by atoms with E-state index in [4.69, 9.17) is 21.3 Å². The Balaban J connectivity index is 1.50. The highest BCUT2D eigenvalue weighted by molar-refractivity contribution is 7.78. The summed E-state index contributed by atoms with van der Waals surface area (Å²) < 4.78 is 7.33. The summed E-state index contributed by atoms with van der Waals surface area (Å²) >= 11 is 12.5. The third kappa shape index (κ3) is 4.14. The zero-order valence-electron chi connectivity index (χ0n) is 18.5. The van der Waals surface area contributed by atoms with Crippen molar-refractivity contribution in [3.63, 3.8) is 0 Å². The molecule has 1 amide bonds. The Morgan fingerprint density at radius 1 is 1.15 bits per heavy atom. The molecule has 1 aliphatic heterocycles. The van der Waals surface area contributed by atoms with Crippen LogP contribution in [0.2, 0.25) is 5.02 Å². The molecule has 5 rings (SSSR count). The Kier molecular flexibility index (Phi) is 6.69. The lowest BCUT2D eigenvalue weighted by molar-refractivity contribution is -0.142. The van der Waals surface area contributed by atoms with E-state index in [1.807, 2.05) is 35.0 Å². The number of ketones is 1. The average molecular weight is 513 g/mol. The maximum Gasteiger partial charge on any atom is 0.248 e. The highest BCUT2D eigenvalue weighted by Crippen LogP contribution is 2.48. The van der Waals surface area contributed by atoms with Crippen molar-refractivity contribution < 1.29 is 14.3 Å². The average Bonchev–Trinajstić information content (AvgIpc) is 3.35. The fourth-order valence-electron chi connectivity index (χ4n) is 4.80. The summed E-state index contributed by atoms with van der Waals surface area (Å²) in [4.78, 5) is 32.0. The van der Waals surface area contributed by atoms with E-state index in [1.54, 1.807) is 24.3 Å². The second-order valence-electron chi connectivity index (χ2n) is 8.92. The van der Waals surface area contributed by atoms with Crippen molar-refractivity contribution >= 4 is 47.4 Å². The summed E-state index contributed by atoms with van der Waals surface area (Å²) in [6, 6.07) is 14.4. The molecule has 1 aromatic carbocycles. The van der Waals surface area contributed by atoms with Crippen LogP contribution < -0.4 is 4.74 Å². The maximum absolute atomic E-state index is 13.7.